The largest absolute Gasteiger partial charge is 0.460 e. The van der Waals surface area contributed by atoms with Gasteiger partial charge in [0.2, 0.25) is 6.86 Å². The minimum atomic E-state index is -1.07. The Morgan fingerprint density at radius 1 is 1.28 bits per heavy atom. The molecule has 0 saturated heterocycles. The highest BCUT2D eigenvalue weighted by Gasteiger charge is 2.13. The number of halogens is 2. The molecule has 94 valence electrons. The molecule has 1 aromatic heterocycles. The van der Waals surface area contributed by atoms with E-state index in [1.165, 1.54) is 12.1 Å². The first kappa shape index (κ1) is 12.4. The van der Waals surface area contributed by atoms with Crippen molar-refractivity contribution in [2.75, 3.05) is 6.86 Å². The molecule has 0 radical (unpaired) electrons. The molecule has 2 aromatic rings. The lowest BCUT2D eigenvalue weighted by Gasteiger charge is -2.12. The quantitative estimate of drug-likeness (QED) is 0.907. The van der Waals surface area contributed by atoms with E-state index >= 15 is 0 Å². The lowest BCUT2D eigenvalue weighted by atomic mass is 10.0. The van der Waals surface area contributed by atoms with Crippen molar-refractivity contribution in [1.29, 1.82) is 0 Å². The summed E-state index contributed by atoms with van der Waals surface area (Å²) in [4.78, 5) is 4.10. The average molecular weight is 250 g/mol. The summed E-state index contributed by atoms with van der Waals surface area (Å²) in [7, 11) is 0. The Kier molecular flexibility index (Phi) is 3.84. The van der Waals surface area contributed by atoms with Gasteiger partial charge in [0.1, 0.15) is 0 Å². The van der Waals surface area contributed by atoms with E-state index in [-0.39, 0.29) is 5.75 Å². The zero-order valence-corrected chi connectivity index (χ0v) is 9.51. The van der Waals surface area contributed by atoms with Gasteiger partial charge in [-0.15, -0.1) is 0 Å². The van der Waals surface area contributed by atoms with E-state index in [0.717, 1.165) is 0 Å². The van der Waals surface area contributed by atoms with Crippen molar-refractivity contribution in [3.63, 3.8) is 0 Å². The van der Waals surface area contributed by atoms with Gasteiger partial charge in [-0.2, -0.15) is 0 Å². The molecule has 0 aliphatic carbocycles. The molecule has 18 heavy (non-hydrogen) atoms. The highest BCUT2D eigenvalue weighted by Crippen LogP contribution is 2.24. The molecule has 0 bridgehead atoms. The third-order valence-electron chi connectivity index (χ3n) is 2.53. The van der Waals surface area contributed by atoms with E-state index in [0.29, 0.717) is 11.3 Å². The second-order valence-electron chi connectivity index (χ2n) is 3.68. The normalized spacial score (nSPS) is 12.2. The van der Waals surface area contributed by atoms with Gasteiger partial charge in [0.05, 0.1) is 11.7 Å². The Morgan fingerprint density at radius 3 is 2.72 bits per heavy atom. The van der Waals surface area contributed by atoms with E-state index in [1.54, 1.807) is 30.5 Å². The van der Waals surface area contributed by atoms with E-state index in [1.807, 2.05) is 0 Å². The van der Waals surface area contributed by atoms with Crippen molar-refractivity contribution in [2.24, 2.45) is 5.73 Å². The zero-order valence-electron chi connectivity index (χ0n) is 9.51. The minimum Gasteiger partial charge on any atom is -0.460 e. The number of nitrogens with zero attached hydrogens (tertiary/aromatic N) is 1. The van der Waals surface area contributed by atoms with Crippen molar-refractivity contribution < 1.29 is 13.5 Å². The van der Waals surface area contributed by atoms with Crippen molar-refractivity contribution in [3.05, 3.63) is 59.7 Å². The Balaban J connectivity index is 2.26. The van der Waals surface area contributed by atoms with Gasteiger partial charge in [-0.3, -0.25) is 4.98 Å². The number of ether oxygens (including phenoxy) is 1. The van der Waals surface area contributed by atoms with Crippen LogP contribution in [0.25, 0.3) is 0 Å². The Bertz CT molecular complexity index is 520. The lowest BCUT2D eigenvalue weighted by Crippen LogP contribution is -2.13. The molecule has 0 saturated carbocycles. The van der Waals surface area contributed by atoms with Crippen LogP contribution in [0.5, 0.6) is 5.75 Å². The van der Waals surface area contributed by atoms with Crippen LogP contribution in [0.15, 0.2) is 42.6 Å². The summed E-state index contributed by atoms with van der Waals surface area (Å²) in [5.74, 6) is -0.772. The molecule has 0 unspecified atom stereocenters. The number of hydrogen-bond donors (Lipinski definition) is 1. The number of pyridine rings is 1. The van der Waals surface area contributed by atoms with Gasteiger partial charge in [0.25, 0.3) is 0 Å². The van der Waals surface area contributed by atoms with Gasteiger partial charge >= 0.3 is 0 Å². The third-order valence-corrected chi connectivity index (χ3v) is 2.53. The maximum absolute atomic E-state index is 13.5. The summed E-state index contributed by atoms with van der Waals surface area (Å²) >= 11 is 0. The Labute approximate surface area is 103 Å². The first-order valence-corrected chi connectivity index (χ1v) is 5.37. The topological polar surface area (TPSA) is 48.1 Å². The van der Waals surface area contributed by atoms with Gasteiger partial charge in [-0.25, -0.2) is 8.78 Å². The van der Waals surface area contributed by atoms with Crippen LogP contribution in [0.4, 0.5) is 8.78 Å². The number of nitrogens with two attached hydrogens (primary N) is 1. The second kappa shape index (κ2) is 5.55. The standard InChI is InChI=1S/C13H12F2N2O/c14-8-18-12-5-4-9(7-10(12)15)13(16)11-3-1-2-6-17-11/h1-7,13H,8,16H2/t13-/m0/s1. The van der Waals surface area contributed by atoms with Crippen LogP contribution >= 0.6 is 0 Å². The zero-order chi connectivity index (χ0) is 13.0. The molecule has 5 heteroatoms. The van der Waals surface area contributed by atoms with Gasteiger partial charge in [0.15, 0.2) is 11.6 Å². The monoisotopic (exact) mass is 250 g/mol. The van der Waals surface area contributed by atoms with Crippen LogP contribution in [0, 0.1) is 5.82 Å². The SMILES string of the molecule is N[C@@H](c1ccc(OCF)c(F)c1)c1ccccn1. The summed E-state index contributed by atoms with van der Waals surface area (Å²) in [5, 5.41) is 0. The van der Waals surface area contributed by atoms with E-state index < -0.39 is 18.7 Å². The molecular formula is C13H12F2N2O. The first-order chi connectivity index (χ1) is 8.72. The number of aromatic nitrogens is 1. The number of benzene rings is 1. The van der Waals surface area contributed by atoms with Crippen molar-refractivity contribution in [3.8, 4) is 5.75 Å². The predicted octanol–water partition coefficient (Wildman–Crippen LogP) is 2.57. The van der Waals surface area contributed by atoms with Gasteiger partial charge in [0, 0.05) is 6.20 Å². The van der Waals surface area contributed by atoms with Crippen molar-refractivity contribution in [2.45, 2.75) is 6.04 Å². The van der Waals surface area contributed by atoms with Gasteiger partial charge in [-0.05, 0) is 29.8 Å². The fourth-order valence-electron chi connectivity index (χ4n) is 1.62. The molecular weight excluding hydrogens is 238 g/mol. The highest BCUT2D eigenvalue weighted by atomic mass is 19.1. The van der Waals surface area contributed by atoms with Crippen LogP contribution in [0.1, 0.15) is 17.3 Å². The average Bonchev–Trinajstić information content (AvgIpc) is 2.41. The molecule has 1 aromatic carbocycles. The summed E-state index contributed by atoms with van der Waals surface area (Å²) in [6, 6.07) is 8.98. The molecule has 3 nitrogen and oxygen atoms in total. The lowest BCUT2D eigenvalue weighted by molar-refractivity contribution is 0.184. The maximum Gasteiger partial charge on any atom is 0.228 e. The number of rotatable bonds is 4. The first-order valence-electron chi connectivity index (χ1n) is 5.37. The molecule has 1 atom stereocenters. The van der Waals surface area contributed by atoms with Crippen LogP contribution in [-0.2, 0) is 0 Å². The molecule has 0 spiro atoms. The number of hydrogen-bond acceptors (Lipinski definition) is 3. The van der Waals surface area contributed by atoms with Crippen LogP contribution in [0.3, 0.4) is 0 Å². The van der Waals surface area contributed by atoms with Gasteiger partial charge < -0.3 is 10.5 Å². The second-order valence-corrected chi connectivity index (χ2v) is 3.68. The third kappa shape index (κ3) is 2.62. The highest BCUT2D eigenvalue weighted by molar-refractivity contribution is 5.34. The molecule has 2 N–H and O–H groups in total. The molecule has 0 fully saturated rings. The Morgan fingerprint density at radius 2 is 2.11 bits per heavy atom. The van der Waals surface area contributed by atoms with E-state index in [9.17, 15) is 8.78 Å². The van der Waals surface area contributed by atoms with E-state index in [4.69, 9.17) is 5.73 Å². The van der Waals surface area contributed by atoms with E-state index in [2.05, 4.69) is 9.72 Å². The maximum atomic E-state index is 13.5. The smallest absolute Gasteiger partial charge is 0.228 e. The summed E-state index contributed by atoms with van der Waals surface area (Å²) < 4.78 is 30.0. The van der Waals surface area contributed by atoms with Crippen LogP contribution in [0.2, 0.25) is 0 Å². The molecule has 0 aliphatic rings. The molecule has 0 amide bonds. The molecule has 2 rings (SSSR count). The Hall–Kier alpha value is -2.01. The molecule has 0 aliphatic heterocycles. The van der Waals surface area contributed by atoms with Crippen LogP contribution < -0.4 is 10.5 Å². The predicted molar refractivity (Wildman–Crippen MR) is 63.3 cm³/mol. The summed E-state index contributed by atoms with van der Waals surface area (Å²) in [6.45, 7) is -1.07. The van der Waals surface area contributed by atoms with Gasteiger partial charge in [-0.1, -0.05) is 12.1 Å². The number of alkyl halides is 1. The summed E-state index contributed by atoms with van der Waals surface area (Å²) in [5.41, 5.74) is 7.15. The summed E-state index contributed by atoms with van der Waals surface area (Å²) in [6.07, 6.45) is 1.62. The molecule has 1 heterocycles. The minimum absolute atomic E-state index is 0.130. The van der Waals surface area contributed by atoms with Crippen molar-refractivity contribution in [1.82, 2.24) is 4.98 Å². The fourth-order valence-corrected chi connectivity index (χ4v) is 1.62. The van der Waals surface area contributed by atoms with Crippen molar-refractivity contribution >= 4 is 0 Å². The fraction of sp³-hybridized carbons (Fsp3) is 0.154. The van der Waals surface area contributed by atoms with Crippen LogP contribution in [-0.4, -0.2) is 11.8 Å².